The van der Waals surface area contributed by atoms with E-state index < -0.39 is 10.0 Å². The first-order chi connectivity index (χ1) is 9.05. The smallest absolute Gasteiger partial charge is 0.239 e. The van der Waals surface area contributed by atoms with Crippen molar-refractivity contribution in [2.75, 3.05) is 19.7 Å². The van der Waals surface area contributed by atoms with Gasteiger partial charge in [-0.15, -0.1) is 0 Å². The zero-order chi connectivity index (χ0) is 13.7. The van der Waals surface area contributed by atoms with E-state index in [-0.39, 0.29) is 4.90 Å². The first-order valence-electron chi connectivity index (χ1n) is 6.38. The maximum absolute atomic E-state index is 11.1. The number of nitrogens with two attached hydrogens (primary N) is 1. The van der Waals surface area contributed by atoms with Crippen molar-refractivity contribution in [3.05, 3.63) is 18.3 Å². The van der Waals surface area contributed by atoms with Crippen molar-refractivity contribution in [1.29, 1.82) is 0 Å². The Labute approximate surface area is 113 Å². The third-order valence-electron chi connectivity index (χ3n) is 3.21. The van der Waals surface area contributed by atoms with Crippen molar-refractivity contribution in [2.24, 2.45) is 11.1 Å². The molecule has 7 heteroatoms. The lowest BCUT2D eigenvalue weighted by Gasteiger charge is -2.22. The highest BCUT2D eigenvalue weighted by molar-refractivity contribution is 7.89. The third kappa shape index (κ3) is 4.45. The van der Waals surface area contributed by atoms with E-state index in [2.05, 4.69) is 10.3 Å². The van der Waals surface area contributed by atoms with Gasteiger partial charge in [0, 0.05) is 6.07 Å². The molecule has 0 saturated carbocycles. The molecule has 1 saturated heterocycles. The lowest BCUT2D eigenvalue weighted by Crippen LogP contribution is -2.30. The first-order valence-corrected chi connectivity index (χ1v) is 7.93. The summed E-state index contributed by atoms with van der Waals surface area (Å²) in [6, 6.07) is 2.93. The number of hydrogen-bond acceptors (Lipinski definition) is 5. The lowest BCUT2D eigenvalue weighted by molar-refractivity contribution is 0.247. The Morgan fingerprint density at radius 1 is 1.47 bits per heavy atom. The minimum absolute atomic E-state index is 0.00340. The first kappa shape index (κ1) is 14.2. The van der Waals surface area contributed by atoms with Crippen molar-refractivity contribution >= 4 is 10.0 Å². The molecule has 0 radical (unpaired) electrons. The molecule has 1 aromatic rings. The van der Waals surface area contributed by atoms with Gasteiger partial charge in [-0.1, -0.05) is 0 Å². The Bertz CT molecular complexity index is 495. The molecule has 19 heavy (non-hydrogen) atoms. The number of primary sulfonamides is 1. The average Bonchev–Trinajstić information content (AvgIpc) is 2.39. The van der Waals surface area contributed by atoms with E-state index in [0.29, 0.717) is 18.4 Å². The van der Waals surface area contributed by atoms with Gasteiger partial charge >= 0.3 is 0 Å². The van der Waals surface area contributed by atoms with Crippen LogP contribution >= 0.6 is 0 Å². The molecule has 106 valence electrons. The number of sulfonamides is 1. The standard InChI is InChI=1S/C12H19N3O3S/c13-19(16,17)11-3-4-12(15-9-11)18-7-5-10-2-1-6-14-8-10/h3-4,9-10,14H,1-2,5-8H2,(H2,13,16,17). The summed E-state index contributed by atoms with van der Waals surface area (Å²) in [5.74, 6) is 1.08. The van der Waals surface area contributed by atoms with E-state index >= 15 is 0 Å². The summed E-state index contributed by atoms with van der Waals surface area (Å²) in [5, 5.41) is 8.34. The second kappa shape index (κ2) is 6.31. The topological polar surface area (TPSA) is 94.3 Å². The monoisotopic (exact) mass is 285 g/mol. The zero-order valence-electron chi connectivity index (χ0n) is 10.7. The van der Waals surface area contributed by atoms with Gasteiger partial charge in [0.2, 0.25) is 15.9 Å². The van der Waals surface area contributed by atoms with Gasteiger partial charge < -0.3 is 10.1 Å². The van der Waals surface area contributed by atoms with Gasteiger partial charge in [-0.2, -0.15) is 0 Å². The lowest BCUT2D eigenvalue weighted by atomic mass is 9.97. The molecular weight excluding hydrogens is 266 g/mol. The number of nitrogens with one attached hydrogen (secondary N) is 1. The van der Waals surface area contributed by atoms with Gasteiger partial charge in [0.15, 0.2) is 0 Å². The van der Waals surface area contributed by atoms with Crippen molar-refractivity contribution < 1.29 is 13.2 Å². The fourth-order valence-electron chi connectivity index (χ4n) is 2.12. The Balaban J connectivity index is 1.80. The molecule has 1 unspecified atom stereocenters. The Morgan fingerprint density at radius 3 is 2.89 bits per heavy atom. The fourth-order valence-corrected chi connectivity index (χ4v) is 2.58. The summed E-state index contributed by atoms with van der Waals surface area (Å²) in [5.41, 5.74) is 0. The molecule has 0 aromatic carbocycles. The predicted octanol–water partition coefficient (Wildman–Crippen LogP) is 0.498. The van der Waals surface area contributed by atoms with Crippen LogP contribution in [0.2, 0.25) is 0 Å². The Hall–Kier alpha value is -1.18. The molecule has 1 atom stereocenters. The number of ether oxygens (including phenoxy) is 1. The van der Waals surface area contributed by atoms with E-state index in [1.807, 2.05) is 0 Å². The van der Waals surface area contributed by atoms with E-state index in [9.17, 15) is 8.42 Å². The van der Waals surface area contributed by atoms with Gasteiger partial charge in [-0.25, -0.2) is 18.5 Å². The molecule has 1 fully saturated rings. The molecule has 0 amide bonds. The second-order valence-electron chi connectivity index (χ2n) is 4.73. The third-order valence-corrected chi connectivity index (χ3v) is 4.11. The molecular formula is C12H19N3O3S. The summed E-state index contributed by atoms with van der Waals surface area (Å²) in [6.45, 7) is 2.74. The minimum Gasteiger partial charge on any atom is -0.478 e. The maximum atomic E-state index is 11.1. The van der Waals surface area contributed by atoms with E-state index in [1.165, 1.54) is 31.2 Å². The van der Waals surface area contributed by atoms with Crippen molar-refractivity contribution in [2.45, 2.75) is 24.2 Å². The second-order valence-corrected chi connectivity index (χ2v) is 6.29. The van der Waals surface area contributed by atoms with Gasteiger partial charge in [-0.05, 0) is 44.3 Å². The quantitative estimate of drug-likeness (QED) is 0.821. The van der Waals surface area contributed by atoms with E-state index in [0.717, 1.165) is 19.5 Å². The molecule has 0 bridgehead atoms. The molecule has 2 rings (SSSR count). The fraction of sp³-hybridized carbons (Fsp3) is 0.583. The predicted molar refractivity (Wildman–Crippen MR) is 71.3 cm³/mol. The number of rotatable bonds is 5. The number of hydrogen-bond donors (Lipinski definition) is 2. The molecule has 0 aliphatic carbocycles. The summed E-state index contributed by atoms with van der Waals surface area (Å²) in [6.07, 6.45) is 4.64. The van der Waals surface area contributed by atoms with Crippen LogP contribution in [0.5, 0.6) is 5.88 Å². The molecule has 1 aliphatic rings. The molecule has 0 spiro atoms. The highest BCUT2D eigenvalue weighted by Gasteiger charge is 2.13. The van der Waals surface area contributed by atoms with Gasteiger partial charge in [0.05, 0.1) is 12.8 Å². The number of pyridine rings is 1. The van der Waals surface area contributed by atoms with Crippen LogP contribution in [0.4, 0.5) is 0 Å². The van der Waals surface area contributed by atoms with Crippen LogP contribution < -0.4 is 15.2 Å². The van der Waals surface area contributed by atoms with Gasteiger partial charge in [0.1, 0.15) is 4.90 Å². The summed E-state index contributed by atoms with van der Waals surface area (Å²) >= 11 is 0. The molecule has 2 heterocycles. The Kier molecular flexibility index (Phi) is 4.73. The summed E-state index contributed by atoms with van der Waals surface area (Å²) < 4.78 is 27.6. The summed E-state index contributed by atoms with van der Waals surface area (Å²) in [7, 11) is -3.68. The zero-order valence-corrected chi connectivity index (χ0v) is 11.5. The van der Waals surface area contributed by atoms with E-state index in [4.69, 9.17) is 9.88 Å². The molecule has 1 aromatic heterocycles. The highest BCUT2D eigenvalue weighted by atomic mass is 32.2. The van der Waals surface area contributed by atoms with Crippen LogP contribution in [0, 0.1) is 5.92 Å². The number of piperidine rings is 1. The van der Waals surface area contributed by atoms with Crippen LogP contribution in [0.25, 0.3) is 0 Å². The van der Waals surface area contributed by atoms with Crippen LogP contribution in [0.15, 0.2) is 23.2 Å². The summed E-state index contributed by atoms with van der Waals surface area (Å²) in [4.78, 5) is 3.93. The van der Waals surface area contributed by atoms with Crippen LogP contribution in [0.1, 0.15) is 19.3 Å². The SMILES string of the molecule is NS(=O)(=O)c1ccc(OCCC2CCCNC2)nc1. The van der Waals surface area contributed by atoms with Crippen molar-refractivity contribution in [1.82, 2.24) is 10.3 Å². The number of aromatic nitrogens is 1. The van der Waals surface area contributed by atoms with Crippen LogP contribution in [0.3, 0.4) is 0 Å². The van der Waals surface area contributed by atoms with E-state index in [1.54, 1.807) is 0 Å². The van der Waals surface area contributed by atoms with Crippen LogP contribution in [-0.4, -0.2) is 33.1 Å². The van der Waals surface area contributed by atoms with Gasteiger partial charge in [-0.3, -0.25) is 0 Å². The minimum atomic E-state index is -3.68. The molecule has 6 nitrogen and oxygen atoms in total. The normalized spacial score (nSPS) is 20.2. The molecule has 1 aliphatic heterocycles. The Morgan fingerprint density at radius 2 is 2.32 bits per heavy atom. The van der Waals surface area contributed by atoms with Gasteiger partial charge in [0.25, 0.3) is 0 Å². The van der Waals surface area contributed by atoms with Crippen molar-refractivity contribution in [3.63, 3.8) is 0 Å². The van der Waals surface area contributed by atoms with Crippen LogP contribution in [-0.2, 0) is 10.0 Å². The average molecular weight is 285 g/mol. The number of nitrogens with zero attached hydrogens (tertiary/aromatic N) is 1. The van der Waals surface area contributed by atoms with Crippen molar-refractivity contribution in [3.8, 4) is 5.88 Å². The highest BCUT2D eigenvalue weighted by Crippen LogP contribution is 2.15. The molecule has 3 N–H and O–H groups in total. The maximum Gasteiger partial charge on any atom is 0.239 e. The largest absolute Gasteiger partial charge is 0.478 e.